The minimum atomic E-state index is -0.506. The van der Waals surface area contributed by atoms with Gasteiger partial charge in [0.05, 0.1) is 35.9 Å². The molecular formula is C28H35BrO8. The van der Waals surface area contributed by atoms with Gasteiger partial charge in [-0.2, -0.15) is 0 Å². The topological polar surface area (TPSA) is 108 Å². The summed E-state index contributed by atoms with van der Waals surface area (Å²) in [6.45, 7) is 7.16. The van der Waals surface area contributed by atoms with Crippen molar-refractivity contribution in [1.82, 2.24) is 0 Å². The summed E-state index contributed by atoms with van der Waals surface area (Å²) in [5, 5.41) is 10.6. The number of esters is 1. The van der Waals surface area contributed by atoms with Crippen LogP contribution in [0.15, 0.2) is 22.7 Å². The molecule has 2 aromatic rings. The number of rotatable bonds is 15. The van der Waals surface area contributed by atoms with Crippen molar-refractivity contribution in [3.8, 4) is 23.0 Å². The molecule has 1 N–H and O–H groups in total. The maximum absolute atomic E-state index is 12.3. The number of hydrogen-bond acceptors (Lipinski definition) is 8. The van der Waals surface area contributed by atoms with Crippen LogP contribution in [0.2, 0.25) is 0 Å². The number of carbonyl (C=O) groups excluding carboxylic acids is 3. The minimum Gasteiger partial charge on any atom is -0.507 e. The van der Waals surface area contributed by atoms with Crippen molar-refractivity contribution in [3.63, 3.8) is 0 Å². The molecule has 2 aromatic carbocycles. The third-order valence-corrected chi connectivity index (χ3v) is 6.22. The third kappa shape index (κ3) is 7.95. The molecule has 0 aromatic heterocycles. The van der Waals surface area contributed by atoms with Crippen LogP contribution in [0.4, 0.5) is 0 Å². The summed E-state index contributed by atoms with van der Waals surface area (Å²) >= 11 is 3.46. The van der Waals surface area contributed by atoms with Crippen molar-refractivity contribution in [2.24, 2.45) is 0 Å². The number of hydrogen-bond donors (Lipinski definition) is 1. The second kappa shape index (κ2) is 14.6. The molecule has 0 radical (unpaired) electrons. The number of phenolic OH excluding ortho intramolecular Hbond substituents is 1. The van der Waals surface area contributed by atoms with E-state index >= 15 is 0 Å². The maximum atomic E-state index is 12.3. The Morgan fingerprint density at radius 2 is 1.46 bits per heavy atom. The first-order valence-corrected chi connectivity index (χ1v) is 13.1. The van der Waals surface area contributed by atoms with E-state index in [-0.39, 0.29) is 42.7 Å². The quantitative estimate of drug-likeness (QED) is 0.159. The summed E-state index contributed by atoms with van der Waals surface area (Å²) in [6, 6.07) is 4.87. The van der Waals surface area contributed by atoms with Crippen molar-refractivity contribution in [2.45, 2.75) is 59.8 Å². The molecule has 0 saturated heterocycles. The normalized spacial score (nSPS) is 10.6. The number of Topliss-reactive ketones (excluding diaryl/α,β-unsaturated/α-hetero) is 2. The predicted octanol–water partition coefficient (Wildman–Crippen LogP) is 5.86. The molecular weight excluding hydrogens is 544 g/mol. The Bertz CT molecular complexity index is 1130. The van der Waals surface area contributed by atoms with Gasteiger partial charge in [0.1, 0.15) is 23.0 Å². The summed E-state index contributed by atoms with van der Waals surface area (Å²) in [5.41, 5.74) is 1.99. The molecule has 8 nitrogen and oxygen atoms in total. The maximum Gasteiger partial charge on any atom is 0.343 e. The Balaban J connectivity index is 2.18. The average Bonchev–Trinajstić information content (AvgIpc) is 2.86. The van der Waals surface area contributed by atoms with Gasteiger partial charge >= 0.3 is 5.97 Å². The fourth-order valence-corrected chi connectivity index (χ4v) is 4.44. The van der Waals surface area contributed by atoms with E-state index in [1.54, 1.807) is 18.2 Å². The first-order valence-electron chi connectivity index (χ1n) is 12.3. The fourth-order valence-electron chi connectivity index (χ4n) is 3.86. The molecule has 0 fully saturated rings. The number of ether oxygens (including phenoxy) is 4. The van der Waals surface area contributed by atoms with Gasteiger partial charge in [0.25, 0.3) is 0 Å². The first kappa shape index (κ1) is 30.2. The van der Waals surface area contributed by atoms with Crippen molar-refractivity contribution in [2.75, 3.05) is 26.9 Å². The molecule has 0 aliphatic carbocycles. The van der Waals surface area contributed by atoms with Crippen molar-refractivity contribution in [3.05, 3.63) is 44.9 Å². The molecule has 37 heavy (non-hydrogen) atoms. The summed E-state index contributed by atoms with van der Waals surface area (Å²) in [6.07, 6.45) is 3.19. The Labute approximate surface area is 226 Å². The lowest BCUT2D eigenvalue weighted by molar-refractivity contribution is -0.142. The van der Waals surface area contributed by atoms with Crippen LogP contribution in [0.3, 0.4) is 0 Å². The molecule has 0 aliphatic rings. The number of aromatic hydroxyl groups is 1. The highest BCUT2D eigenvalue weighted by atomic mass is 79.9. The summed E-state index contributed by atoms with van der Waals surface area (Å²) in [4.78, 5) is 35.7. The van der Waals surface area contributed by atoms with Crippen LogP contribution in [-0.2, 0) is 22.4 Å². The lowest BCUT2D eigenvalue weighted by Gasteiger charge is -2.19. The van der Waals surface area contributed by atoms with Gasteiger partial charge in [-0.1, -0.05) is 26.7 Å². The molecule has 9 heteroatoms. The third-order valence-electron chi connectivity index (χ3n) is 5.63. The van der Waals surface area contributed by atoms with E-state index in [1.165, 1.54) is 21.0 Å². The molecule has 0 aliphatic heterocycles. The predicted molar refractivity (Wildman–Crippen MR) is 143 cm³/mol. The smallest absolute Gasteiger partial charge is 0.343 e. The van der Waals surface area contributed by atoms with Crippen LogP contribution in [-0.4, -0.2) is 49.6 Å². The standard InChI is InChI=1S/C28H35BrO8/c1-6-9-20-24(37-16-25(32)34-5)12-11-19(17(3)30)27(20)35-13-8-14-36-28-21(10-7-2)26(33)22(18(4)31)15-23(28)29/h11-12,15,33H,6-10,13-14,16H2,1-5H3. The zero-order valence-corrected chi connectivity index (χ0v) is 23.7. The lowest BCUT2D eigenvalue weighted by Crippen LogP contribution is -2.15. The van der Waals surface area contributed by atoms with Crippen LogP contribution in [0.5, 0.6) is 23.0 Å². The van der Waals surface area contributed by atoms with Gasteiger partial charge in [-0.3, -0.25) is 9.59 Å². The molecule has 202 valence electrons. The highest BCUT2D eigenvalue weighted by Crippen LogP contribution is 2.39. The zero-order valence-electron chi connectivity index (χ0n) is 22.1. The molecule has 0 heterocycles. The Morgan fingerprint density at radius 3 is 2.03 bits per heavy atom. The number of benzene rings is 2. The van der Waals surface area contributed by atoms with Crippen LogP contribution < -0.4 is 14.2 Å². The van der Waals surface area contributed by atoms with E-state index in [0.29, 0.717) is 52.1 Å². The fraction of sp³-hybridized carbons (Fsp3) is 0.464. The van der Waals surface area contributed by atoms with Gasteiger partial charge in [0.2, 0.25) is 0 Å². The Kier molecular flexibility index (Phi) is 11.9. The summed E-state index contributed by atoms with van der Waals surface area (Å²) in [5.74, 6) is 0.482. The zero-order chi connectivity index (χ0) is 27.5. The van der Waals surface area contributed by atoms with Crippen LogP contribution in [0.25, 0.3) is 0 Å². The summed E-state index contributed by atoms with van der Waals surface area (Å²) in [7, 11) is 1.29. The van der Waals surface area contributed by atoms with E-state index in [2.05, 4.69) is 20.7 Å². The van der Waals surface area contributed by atoms with Gasteiger partial charge in [0.15, 0.2) is 18.2 Å². The second-order valence-electron chi connectivity index (χ2n) is 8.51. The van der Waals surface area contributed by atoms with Gasteiger partial charge < -0.3 is 24.1 Å². The van der Waals surface area contributed by atoms with E-state index in [9.17, 15) is 19.5 Å². The molecule has 0 atom stereocenters. The minimum absolute atomic E-state index is 0.0529. The Morgan fingerprint density at radius 1 is 0.865 bits per heavy atom. The van der Waals surface area contributed by atoms with Crippen LogP contribution in [0, 0.1) is 0 Å². The molecule has 2 rings (SSSR count). The van der Waals surface area contributed by atoms with Gasteiger partial charge in [-0.15, -0.1) is 0 Å². The number of ketones is 2. The molecule has 0 unspecified atom stereocenters. The second-order valence-corrected chi connectivity index (χ2v) is 9.36. The van der Waals surface area contributed by atoms with Gasteiger partial charge in [-0.05, 0) is 60.8 Å². The molecule has 0 amide bonds. The van der Waals surface area contributed by atoms with Gasteiger partial charge in [0, 0.05) is 17.5 Å². The highest BCUT2D eigenvalue weighted by molar-refractivity contribution is 9.10. The first-order chi connectivity index (χ1) is 17.7. The summed E-state index contributed by atoms with van der Waals surface area (Å²) < 4.78 is 23.0. The number of halogens is 1. The van der Waals surface area contributed by atoms with Crippen molar-refractivity contribution < 1.29 is 38.4 Å². The van der Waals surface area contributed by atoms with Crippen molar-refractivity contribution in [1.29, 1.82) is 0 Å². The lowest BCUT2D eigenvalue weighted by atomic mass is 10.0. The molecule has 0 saturated carbocycles. The van der Waals surface area contributed by atoms with Gasteiger partial charge in [-0.25, -0.2) is 4.79 Å². The number of methoxy groups -OCH3 is 1. The van der Waals surface area contributed by atoms with Crippen LogP contribution in [0.1, 0.15) is 78.8 Å². The highest BCUT2D eigenvalue weighted by Gasteiger charge is 2.21. The Hall–Kier alpha value is -3.07. The van der Waals surface area contributed by atoms with Crippen LogP contribution >= 0.6 is 15.9 Å². The SMILES string of the molecule is CCCc1c(O)c(C(C)=O)cc(Br)c1OCCCOc1c(C(C)=O)ccc(OCC(=O)OC)c1CCC. The number of phenols is 1. The largest absolute Gasteiger partial charge is 0.507 e. The van der Waals surface area contributed by atoms with E-state index in [1.807, 2.05) is 13.8 Å². The molecule has 0 spiro atoms. The molecule has 0 bridgehead atoms. The van der Waals surface area contributed by atoms with Crippen molar-refractivity contribution >= 4 is 33.5 Å². The van der Waals surface area contributed by atoms with E-state index < -0.39 is 5.97 Å². The number of carbonyl (C=O) groups is 3. The average molecular weight is 579 g/mol. The van der Waals surface area contributed by atoms with E-state index in [4.69, 9.17) is 14.2 Å². The van der Waals surface area contributed by atoms with E-state index in [0.717, 1.165) is 18.4 Å². The monoisotopic (exact) mass is 578 g/mol.